The number of hydrogen-bond donors (Lipinski definition) is 1. The van der Waals surface area contributed by atoms with Crippen LogP contribution in [0.5, 0.6) is 0 Å². The fraction of sp³-hybridized carbons (Fsp3) is 0.150. The normalized spacial score (nSPS) is 11.9. The largest absolute Gasteiger partial charge is 0.380 e. The van der Waals surface area contributed by atoms with E-state index in [-0.39, 0.29) is 11.9 Å². The van der Waals surface area contributed by atoms with Gasteiger partial charge in [0.15, 0.2) is 0 Å². The van der Waals surface area contributed by atoms with Crippen molar-refractivity contribution in [2.75, 3.05) is 7.11 Å². The van der Waals surface area contributed by atoms with Crippen LogP contribution in [0.25, 0.3) is 0 Å². The van der Waals surface area contributed by atoms with Gasteiger partial charge in [-0.25, -0.2) is 0 Å². The van der Waals surface area contributed by atoms with Crippen molar-refractivity contribution in [2.24, 2.45) is 0 Å². The minimum atomic E-state index is -0.220. The van der Waals surface area contributed by atoms with Crippen LogP contribution in [0, 0.1) is 0 Å². The molecule has 1 atom stereocenters. The van der Waals surface area contributed by atoms with Gasteiger partial charge in [0, 0.05) is 17.7 Å². The third kappa shape index (κ3) is 4.48. The Morgan fingerprint density at radius 3 is 2.64 bits per heavy atom. The highest BCUT2D eigenvalue weighted by atomic mass is 35.5. The molecule has 25 heavy (non-hydrogen) atoms. The Kier molecular flexibility index (Phi) is 5.87. The molecule has 0 aliphatic heterocycles. The standard InChI is InChI=1S/C20H18ClNO2S/c1-24-12-14-3-2-4-16(11-14)20(23)22-19(17-9-10-25-13-17)15-5-7-18(21)8-6-15/h2-11,13,19H,12H2,1H3,(H,22,23). The predicted octanol–water partition coefficient (Wildman–Crippen LogP) is 5.07. The van der Waals surface area contributed by atoms with Crippen molar-refractivity contribution in [2.45, 2.75) is 12.6 Å². The minimum Gasteiger partial charge on any atom is -0.380 e. The number of carbonyl (C=O) groups is 1. The molecule has 0 saturated carbocycles. The summed E-state index contributed by atoms with van der Waals surface area (Å²) in [6.45, 7) is 0.478. The summed E-state index contributed by atoms with van der Waals surface area (Å²) in [6.07, 6.45) is 0. The van der Waals surface area contributed by atoms with Gasteiger partial charge < -0.3 is 10.1 Å². The summed E-state index contributed by atoms with van der Waals surface area (Å²) in [5, 5.41) is 7.84. The van der Waals surface area contributed by atoms with Crippen LogP contribution in [0.15, 0.2) is 65.4 Å². The maximum atomic E-state index is 12.8. The van der Waals surface area contributed by atoms with Gasteiger partial charge in [0.2, 0.25) is 0 Å². The van der Waals surface area contributed by atoms with E-state index in [0.717, 1.165) is 16.7 Å². The first kappa shape index (κ1) is 17.7. The maximum Gasteiger partial charge on any atom is 0.252 e. The smallest absolute Gasteiger partial charge is 0.252 e. The minimum absolute atomic E-state index is 0.121. The van der Waals surface area contributed by atoms with Gasteiger partial charge >= 0.3 is 0 Å². The highest BCUT2D eigenvalue weighted by Gasteiger charge is 2.18. The average molecular weight is 372 g/mol. The third-order valence-corrected chi connectivity index (χ3v) is 4.81. The first-order valence-corrected chi connectivity index (χ1v) is 9.16. The monoisotopic (exact) mass is 371 g/mol. The van der Waals surface area contributed by atoms with Crippen LogP contribution >= 0.6 is 22.9 Å². The van der Waals surface area contributed by atoms with E-state index in [2.05, 4.69) is 5.32 Å². The molecule has 0 aliphatic carbocycles. The van der Waals surface area contributed by atoms with Crippen molar-refractivity contribution in [1.29, 1.82) is 0 Å². The molecule has 128 valence electrons. The van der Waals surface area contributed by atoms with Gasteiger partial charge in [-0.1, -0.05) is 35.9 Å². The van der Waals surface area contributed by atoms with E-state index >= 15 is 0 Å². The second kappa shape index (κ2) is 8.30. The number of nitrogens with one attached hydrogen (secondary N) is 1. The lowest BCUT2D eigenvalue weighted by Crippen LogP contribution is -2.29. The number of ether oxygens (including phenoxy) is 1. The van der Waals surface area contributed by atoms with E-state index in [0.29, 0.717) is 17.2 Å². The van der Waals surface area contributed by atoms with E-state index in [1.165, 1.54) is 0 Å². The summed E-state index contributed by atoms with van der Waals surface area (Å²) in [5.74, 6) is -0.121. The molecule has 2 aromatic carbocycles. The lowest BCUT2D eigenvalue weighted by Gasteiger charge is -2.19. The zero-order chi connectivity index (χ0) is 17.6. The maximum absolute atomic E-state index is 12.8. The van der Waals surface area contributed by atoms with Crippen molar-refractivity contribution in [1.82, 2.24) is 5.32 Å². The molecule has 0 radical (unpaired) electrons. The molecule has 1 aromatic heterocycles. The molecular weight excluding hydrogens is 354 g/mol. The average Bonchev–Trinajstić information content (AvgIpc) is 3.15. The lowest BCUT2D eigenvalue weighted by atomic mass is 10.0. The molecule has 1 amide bonds. The first-order valence-electron chi connectivity index (χ1n) is 7.83. The second-order valence-electron chi connectivity index (χ2n) is 5.65. The SMILES string of the molecule is COCc1cccc(C(=O)NC(c2ccc(Cl)cc2)c2ccsc2)c1. The number of methoxy groups -OCH3 is 1. The zero-order valence-electron chi connectivity index (χ0n) is 13.7. The number of rotatable bonds is 6. The topological polar surface area (TPSA) is 38.3 Å². The summed E-state index contributed by atoms with van der Waals surface area (Å²) in [7, 11) is 1.64. The van der Waals surface area contributed by atoms with Crippen LogP contribution in [0.4, 0.5) is 0 Å². The second-order valence-corrected chi connectivity index (χ2v) is 6.86. The number of thiophene rings is 1. The Morgan fingerprint density at radius 2 is 1.96 bits per heavy atom. The van der Waals surface area contributed by atoms with Gasteiger partial charge in [-0.05, 0) is 57.8 Å². The van der Waals surface area contributed by atoms with Crippen molar-refractivity contribution in [3.63, 3.8) is 0 Å². The number of halogens is 1. The van der Waals surface area contributed by atoms with Crippen molar-refractivity contribution >= 4 is 28.8 Å². The van der Waals surface area contributed by atoms with Gasteiger partial charge in [0.25, 0.3) is 5.91 Å². The summed E-state index contributed by atoms with van der Waals surface area (Å²) in [5.41, 5.74) is 3.62. The molecule has 0 spiro atoms. The van der Waals surface area contributed by atoms with E-state index < -0.39 is 0 Å². The van der Waals surface area contributed by atoms with Gasteiger partial charge in [-0.15, -0.1) is 0 Å². The molecule has 0 saturated heterocycles. The van der Waals surface area contributed by atoms with E-state index in [9.17, 15) is 4.79 Å². The molecule has 0 fully saturated rings. The van der Waals surface area contributed by atoms with Gasteiger partial charge in [0.05, 0.1) is 12.6 Å². The predicted molar refractivity (Wildman–Crippen MR) is 102 cm³/mol. The Hall–Kier alpha value is -2.14. The van der Waals surface area contributed by atoms with Gasteiger partial charge in [-0.2, -0.15) is 11.3 Å². The van der Waals surface area contributed by atoms with E-state index in [1.54, 1.807) is 24.5 Å². The van der Waals surface area contributed by atoms with Gasteiger partial charge in [0.1, 0.15) is 0 Å². The molecule has 3 rings (SSSR count). The van der Waals surface area contributed by atoms with Crippen molar-refractivity contribution in [3.8, 4) is 0 Å². The van der Waals surface area contributed by atoms with Crippen molar-refractivity contribution in [3.05, 3.63) is 92.6 Å². The van der Waals surface area contributed by atoms with Crippen LogP contribution in [0.1, 0.15) is 33.1 Å². The molecule has 1 N–H and O–H groups in total. The molecule has 0 bridgehead atoms. The Balaban J connectivity index is 1.86. The summed E-state index contributed by atoms with van der Waals surface area (Å²) < 4.78 is 5.14. The van der Waals surface area contributed by atoms with Crippen LogP contribution in [-0.2, 0) is 11.3 Å². The fourth-order valence-corrected chi connectivity index (χ4v) is 3.45. The molecule has 5 heteroatoms. The Morgan fingerprint density at radius 1 is 1.16 bits per heavy atom. The van der Waals surface area contributed by atoms with Crippen LogP contribution < -0.4 is 5.32 Å². The van der Waals surface area contributed by atoms with Crippen molar-refractivity contribution < 1.29 is 9.53 Å². The lowest BCUT2D eigenvalue weighted by molar-refractivity contribution is 0.0942. The molecule has 1 heterocycles. The fourth-order valence-electron chi connectivity index (χ4n) is 2.64. The Bertz CT molecular complexity index is 831. The van der Waals surface area contributed by atoms with Crippen LogP contribution in [0.3, 0.4) is 0 Å². The first-order chi connectivity index (χ1) is 12.2. The number of benzene rings is 2. The molecule has 3 aromatic rings. The number of amides is 1. The number of carbonyl (C=O) groups excluding carboxylic acids is 1. The van der Waals surface area contributed by atoms with Crippen LogP contribution in [0.2, 0.25) is 5.02 Å². The quantitative estimate of drug-likeness (QED) is 0.657. The molecule has 3 nitrogen and oxygen atoms in total. The Labute approximate surface area is 156 Å². The van der Waals surface area contributed by atoms with Crippen LogP contribution in [-0.4, -0.2) is 13.0 Å². The highest BCUT2D eigenvalue weighted by Crippen LogP contribution is 2.26. The number of hydrogen-bond acceptors (Lipinski definition) is 3. The summed E-state index contributed by atoms with van der Waals surface area (Å²) in [6, 6.07) is 16.8. The zero-order valence-corrected chi connectivity index (χ0v) is 15.3. The summed E-state index contributed by atoms with van der Waals surface area (Å²) in [4.78, 5) is 12.8. The van der Waals surface area contributed by atoms with Gasteiger partial charge in [-0.3, -0.25) is 4.79 Å². The summed E-state index contributed by atoms with van der Waals surface area (Å²) >= 11 is 7.60. The molecular formula is C20H18ClNO2S. The van der Waals surface area contributed by atoms with E-state index in [4.69, 9.17) is 16.3 Å². The highest BCUT2D eigenvalue weighted by molar-refractivity contribution is 7.08. The molecule has 1 unspecified atom stereocenters. The molecule has 0 aliphatic rings. The van der Waals surface area contributed by atoms with E-state index in [1.807, 2.05) is 59.3 Å². The third-order valence-electron chi connectivity index (χ3n) is 3.86.